The SMILES string of the molecule is CCCCCCCCCCCCCCCCCCNC(=O)OCC1(COC(=O)NCc2ccccn2)CS(=O)(=O)C1. The standard InChI is InChI=1S/C31H53N3O6S/c1-2-3-4-5-6-7-8-9-10-11-12-13-14-15-16-18-22-33-29(35)39-24-31(26-41(37,38)27-31)25-40-30(36)34-23-28-20-17-19-21-32-28/h17,19-21H,2-16,18,22-27H2,1H3,(H,33,35)(H,34,36). The van der Waals surface area contributed by atoms with Gasteiger partial charge >= 0.3 is 12.2 Å². The fourth-order valence-electron chi connectivity index (χ4n) is 5.17. The van der Waals surface area contributed by atoms with Gasteiger partial charge in [0.25, 0.3) is 0 Å². The van der Waals surface area contributed by atoms with E-state index in [0.29, 0.717) is 12.2 Å². The van der Waals surface area contributed by atoms with Gasteiger partial charge in [0.15, 0.2) is 9.84 Å². The van der Waals surface area contributed by atoms with E-state index in [4.69, 9.17) is 9.47 Å². The first-order chi connectivity index (χ1) is 19.8. The summed E-state index contributed by atoms with van der Waals surface area (Å²) in [5.41, 5.74) is -0.234. The molecule has 0 spiro atoms. The number of pyridine rings is 1. The minimum atomic E-state index is -3.22. The van der Waals surface area contributed by atoms with Gasteiger partial charge in [-0.2, -0.15) is 0 Å². The lowest BCUT2D eigenvalue weighted by molar-refractivity contribution is 0.0420. The number of ether oxygens (including phenoxy) is 2. The second kappa shape index (κ2) is 20.5. The van der Waals surface area contributed by atoms with E-state index in [-0.39, 0.29) is 31.3 Å². The van der Waals surface area contributed by atoms with Crippen molar-refractivity contribution in [1.29, 1.82) is 0 Å². The average molecular weight is 596 g/mol. The number of amides is 2. The summed E-state index contributed by atoms with van der Waals surface area (Å²) in [6.07, 6.45) is 21.1. The van der Waals surface area contributed by atoms with Crippen LogP contribution in [0.1, 0.15) is 115 Å². The minimum Gasteiger partial charge on any atom is -0.449 e. The Hall–Kier alpha value is -2.36. The lowest BCUT2D eigenvalue weighted by Gasteiger charge is -2.39. The molecular formula is C31H53N3O6S. The number of carbonyl (C=O) groups is 2. The van der Waals surface area contributed by atoms with Gasteiger partial charge in [-0.15, -0.1) is 0 Å². The summed E-state index contributed by atoms with van der Waals surface area (Å²) in [6, 6.07) is 5.36. The number of nitrogens with zero attached hydrogens (tertiary/aromatic N) is 1. The highest BCUT2D eigenvalue weighted by molar-refractivity contribution is 7.92. The first kappa shape index (κ1) is 34.8. The van der Waals surface area contributed by atoms with Crippen molar-refractivity contribution in [3.63, 3.8) is 0 Å². The predicted octanol–water partition coefficient (Wildman–Crippen LogP) is 6.71. The van der Waals surface area contributed by atoms with Crippen molar-refractivity contribution in [2.24, 2.45) is 5.41 Å². The number of nitrogens with one attached hydrogen (secondary N) is 2. The molecule has 2 N–H and O–H groups in total. The van der Waals surface area contributed by atoms with Gasteiger partial charge in [0.1, 0.15) is 13.2 Å². The molecule has 0 saturated carbocycles. The summed E-state index contributed by atoms with van der Waals surface area (Å²) < 4.78 is 34.2. The molecule has 0 bridgehead atoms. The van der Waals surface area contributed by atoms with E-state index in [1.165, 1.54) is 83.5 Å². The highest BCUT2D eigenvalue weighted by Gasteiger charge is 2.50. The van der Waals surface area contributed by atoms with Crippen LogP contribution in [0.4, 0.5) is 9.59 Å². The number of aromatic nitrogens is 1. The van der Waals surface area contributed by atoms with Crippen LogP contribution in [0.15, 0.2) is 24.4 Å². The third-order valence-electron chi connectivity index (χ3n) is 7.51. The van der Waals surface area contributed by atoms with Gasteiger partial charge in [-0.3, -0.25) is 4.98 Å². The highest BCUT2D eigenvalue weighted by Crippen LogP contribution is 2.34. The maximum Gasteiger partial charge on any atom is 0.407 e. The lowest BCUT2D eigenvalue weighted by Crippen LogP contribution is -2.55. The molecule has 0 radical (unpaired) electrons. The summed E-state index contributed by atoms with van der Waals surface area (Å²) >= 11 is 0. The second-order valence-electron chi connectivity index (χ2n) is 11.6. The zero-order valence-corrected chi connectivity index (χ0v) is 26.0. The van der Waals surface area contributed by atoms with Gasteiger partial charge in [0.05, 0.1) is 29.2 Å². The minimum absolute atomic E-state index is 0.120. The van der Waals surface area contributed by atoms with Gasteiger partial charge in [-0.05, 0) is 18.6 Å². The molecule has 2 rings (SSSR count). The first-order valence-electron chi connectivity index (χ1n) is 15.8. The van der Waals surface area contributed by atoms with E-state index in [9.17, 15) is 18.0 Å². The van der Waals surface area contributed by atoms with Crippen molar-refractivity contribution >= 4 is 22.0 Å². The quantitative estimate of drug-likeness (QED) is 0.135. The first-order valence-corrected chi connectivity index (χ1v) is 17.6. The summed E-state index contributed by atoms with van der Waals surface area (Å²) in [5.74, 6) is -0.361. The summed E-state index contributed by atoms with van der Waals surface area (Å²) in [7, 11) is -3.22. The molecule has 41 heavy (non-hydrogen) atoms. The Balaban J connectivity index is 1.44. The molecule has 1 aliphatic heterocycles. The Bertz CT molecular complexity index is 946. The molecular weight excluding hydrogens is 542 g/mol. The second-order valence-corrected chi connectivity index (χ2v) is 13.7. The average Bonchev–Trinajstić information content (AvgIpc) is 2.95. The predicted molar refractivity (Wildman–Crippen MR) is 162 cm³/mol. The van der Waals surface area contributed by atoms with E-state index in [0.717, 1.165) is 19.3 Å². The Kier molecular flexibility index (Phi) is 17.4. The van der Waals surface area contributed by atoms with Crippen LogP contribution in [-0.4, -0.2) is 56.9 Å². The van der Waals surface area contributed by atoms with E-state index >= 15 is 0 Å². The molecule has 1 aromatic rings. The number of unbranched alkanes of at least 4 members (excludes halogenated alkanes) is 15. The molecule has 2 amide bonds. The van der Waals surface area contributed by atoms with Crippen LogP contribution in [0.2, 0.25) is 0 Å². The molecule has 1 saturated heterocycles. The number of alkyl carbamates (subject to hydrolysis) is 2. The molecule has 0 aliphatic carbocycles. The molecule has 234 valence electrons. The van der Waals surface area contributed by atoms with Gasteiger partial charge < -0.3 is 20.1 Å². The molecule has 1 aromatic heterocycles. The third-order valence-corrected chi connectivity index (χ3v) is 9.62. The third kappa shape index (κ3) is 16.6. The number of carbonyl (C=O) groups excluding carboxylic acids is 2. The van der Waals surface area contributed by atoms with Crippen LogP contribution in [0.25, 0.3) is 0 Å². The van der Waals surface area contributed by atoms with Crippen LogP contribution in [0.3, 0.4) is 0 Å². The van der Waals surface area contributed by atoms with Crippen LogP contribution >= 0.6 is 0 Å². The summed E-state index contributed by atoms with van der Waals surface area (Å²) in [6.45, 7) is 2.72. The Morgan fingerprint density at radius 2 is 1.24 bits per heavy atom. The number of rotatable bonds is 23. The zero-order valence-electron chi connectivity index (χ0n) is 25.2. The maximum atomic E-state index is 12.1. The Morgan fingerprint density at radius 1 is 0.756 bits per heavy atom. The van der Waals surface area contributed by atoms with Crippen LogP contribution < -0.4 is 10.6 Å². The normalized spacial score (nSPS) is 15.0. The van der Waals surface area contributed by atoms with Gasteiger partial charge in [0.2, 0.25) is 0 Å². The maximum absolute atomic E-state index is 12.1. The number of hydrogen-bond acceptors (Lipinski definition) is 7. The van der Waals surface area contributed by atoms with E-state index in [1.807, 2.05) is 6.07 Å². The molecule has 0 aromatic carbocycles. The monoisotopic (exact) mass is 595 g/mol. The fourth-order valence-corrected chi connectivity index (χ4v) is 7.28. The zero-order chi connectivity index (χ0) is 29.7. The summed E-state index contributed by atoms with van der Waals surface area (Å²) in [4.78, 5) is 28.3. The van der Waals surface area contributed by atoms with E-state index in [1.54, 1.807) is 18.3 Å². The number of hydrogen-bond donors (Lipinski definition) is 2. The molecule has 0 unspecified atom stereocenters. The van der Waals surface area contributed by atoms with Crippen molar-refractivity contribution in [2.75, 3.05) is 31.3 Å². The van der Waals surface area contributed by atoms with E-state index < -0.39 is 27.4 Å². The van der Waals surface area contributed by atoms with Crippen LogP contribution in [-0.2, 0) is 25.9 Å². The van der Waals surface area contributed by atoms with E-state index in [2.05, 4.69) is 22.5 Å². The lowest BCUT2D eigenvalue weighted by atomic mass is 9.94. The van der Waals surface area contributed by atoms with Crippen molar-refractivity contribution < 1.29 is 27.5 Å². The topological polar surface area (TPSA) is 124 Å². The van der Waals surface area contributed by atoms with Gasteiger partial charge in [-0.1, -0.05) is 109 Å². The molecule has 10 heteroatoms. The largest absolute Gasteiger partial charge is 0.449 e. The molecule has 0 atom stereocenters. The fraction of sp³-hybridized carbons (Fsp3) is 0.774. The van der Waals surface area contributed by atoms with Gasteiger partial charge in [0, 0.05) is 12.7 Å². The van der Waals surface area contributed by atoms with Crippen LogP contribution in [0.5, 0.6) is 0 Å². The van der Waals surface area contributed by atoms with Crippen molar-refractivity contribution in [3.8, 4) is 0 Å². The number of sulfone groups is 1. The van der Waals surface area contributed by atoms with Crippen molar-refractivity contribution in [3.05, 3.63) is 30.1 Å². The molecule has 9 nitrogen and oxygen atoms in total. The Morgan fingerprint density at radius 3 is 1.71 bits per heavy atom. The smallest absolute Gasteiger partial charge is 0.407 e. The highest BCUT2D eigenvalue weighted by atomic mass is 32.2. The summed E-state index contributed by atoms with van der Waals surface area (Å²) in [5, 5.41) is 5.33. The molecule has 1 fully saturated rings. The van der Waals surface area contributed by atoms with Crippen LogP contribution in [0, 0.1) is 5.41 Å². The van der Waals surface area contributed by atoms with Crippen molar-refractivity contribution in [1.82, 2.24) is 15.6 Å². The molecule has 1 aliphatic rings. The van der Waals surface area contributed by atoms with Crippen molar-refractivity contribution in [2.45, 2.75) is 116 Å². The molecule has 2 heterocycles. The van der Waals surface area contributed by atoms with Gasteiger partial charge in [-0.25, -0.2) is 18.0 Å². The Labute approximate surface area is 247 Å².